The first-order valence-electron chi connectivity index (χ1n) is 8.64. The molecule has 2 amide bonds. The lowest BCUT2D eigenvalue weighted by Crippen LogP contribution is -2.35. The Kier molecular flexibility index (Phi) is 7.60. The van der Waals surface area contributed by atoms with Gasteiger partial charge >= 0.3 is 6.18 Å². The summed E-state index contributed by atoms with van der Waals surface area (Å²) in [6.45, 7) is -0.344. The molecule has 2 aromatic rings. The van der Waals surface area contributed by atoms with Gasteiger partial charge in [-0.1, -0.05) is 24.3 Å². The van der Waals surface area contributed by atoms with E-state index >= 15 is 0 Å². The molecule has 156 valence electrons. The smallest absolute Gasteiger partial charge is 0.416 e. The molecule has 2 aromatic carbocycles. The van der Waals surface area contributed by atoms with Crippen LogP contribution in [0.15, 0.2) is 48.5 Å². The standard InChI is InChI=1S/C20H21F3N2O4/c1-28-11-17(14-3-2-4-15(10-14)20(21,22)23)25-19(27)12-29-16-7-5-13(6-8-16)9-18(24)26/h2-8,10,17H,9,11-12H2,1H3,(H2,24,26)(H,25,27). The summed E-state index contributed by atoms with van der Waals surface area (Å²) in [7, 11) is 1.39. The van der Waals surface area contributed by atoms with Gasteiger partial charge in [-0.15, -0.1) is 0 Å². The van der Waals surface area contributed by atoms with Crippen LogP contribution in [-0.2, 0) is 26.9 Å². The first-order chi connectivity index (χ1) is 13.7. The molecule has 6 nitrogen and oxygen atoms in total. The summed E-state index contributed by atoms with van der Waals surface area (Å²) in [6, 6.07) is 10.4. The minimum absolute atomic E-state index is 0.00509. The molecule has 0 bridgehead atoms. The Labute approximate surface area is 165 Å². The van der Waals surface area contributed by atoms with Crippen LogP contribution >= 0.6 is 0 Å². The lowest BCUT2D eigenvalue weighted by atomic mass is 10.0. The zero-order valence-electron chi connectivity index (χ0n) is 15.7. The van der Waals surface area contributed by atoms with Crippen LogP contribution in [0.2, 0.25) is 0 Å². The molecule has 0 spiro atoms. The van der Waals surface area contributed by atoms with Crippen LogP contribution in [0.5, 0.6) is 5.75 Å². The van der Waals surface area contributed by atoms with Gasteiger partial charge in [0.25, 0.3) is 5.91 Å². The molecule has 1 atom stereocenters. The highest BCUT2D eigenvalue weighted by Gasteiger charge is 2.31. The maximum atomic E-state index is 12.9. The van der Waals surface area contributed by atoms with E-state index in [0.29, 0.717) is 11.3 Å². The number of ether oxygens (including phenoxy) is 2. The van der Waals surface area contributed by atoms with Crippen LogP contribution in [0.1, 0.15) is 22.7 Å². The van der Waals surface area contributed by atoms with Crippen molar-refractivity contribution in [3.63, 3.8) is 0 Å². The second-order valence-corrected chi connectivity index (χ2v) is 6.27. The van der Waals surface area contributed by atoms with Gasteiger partial charge in [0, 0.05) is 7.11 Å². The molecular weight excluding hydrogens is 389 g/mol. The maximum Gasteiger partial charge on any atom is 0.416 e. The fourth-order valence-corrected chi connectivity index (χ4v) is 2.61. The van der Waals surface area contributed by atoms with Gasteiger partial charge in [0.15, 0.2) is 6.61 Å². The van der Waals surface area contributed by atoms with Crippen molar-refractivity contribution in [2.75, 3.05) is 20.3 Å². The zero-order valence-corrected chi connectivity index (χ0v) is 15.7. The number of nitrogens with one attached hydrogen (secondary N) is 1. The van der Waals surface area contributed by atoms with Crippen LogP contribution in [0.4, 0.5) is 13.2 Å². The van der Waals surface area contributed by atoms with E-state index in [9.17, 15) is 22.8 Å². The van der Waals surface area contributed by atoms with Gasteiger partial charge in [0.05, 0.1) is 24.6 Å². The van der Waals surface area contributed by atoms with Crippen molar-refractivity contribution in [1.29, 1.82) is 0 Å². The number of methoxy groups -OCH3 is 1. The SMILES string of the molecule is COCC(NC(=O)COc1ccc(CC(N)=O)cc1)c1cccc(C(F)(F)F)c1. The molecule has 0 saturated carbocycles. The third-order valence-corrected chi connectivity index (χ3v) is 3.96. The molecule has 0 saturated heterocycles. The predicted molar refractivity (Wildman–Crippen MR) is 99.0 cm³/mol. The van der Waals surface area contributed by atoms with E-state index in [1.807, 2.05) is 0 Å². The number of benzene rings is 2. The zero-order chi connectivity index (χ0) is 21.4. The first-order valence-corrected chi connectivity index (χ1v) is 8.64. The number of carbonyl (C=O) groups excluding carboxylic acids is 2. The van der Waals surface area contributed by atoms with E-state index in [1.54, 1.807) is 24.3 Å². The highest BCUT2D eigenvalue weighted by molar-refractivity contribution is 5.78. The van der Waals surface area contributed by atoms with E-state index in [-0.39, 0.29) is 25.2 Å². The number of nitrogens with two attached hydrogens (primary N) is 1. The summed E-state index contributed by atoms with van der Waals surface area (Å²) in [5, 5.41) is 2.60. The minimum atomic E-state index is -4.48. The van der Waals surface area contributed by atoms with Crippen molar-refractivity contribution in [2.45, 2.75) is 18.6 Å². The Balaban J connectivity index is 1.98. The van der Waals surface area contributed by atoms with Crippen LogP contribution in [0, 0.1) is 0 Å². The number of hydrogen-bond donors (Lipinski definition) is 2. The summed E-state index contributed by atoms with van der Waals surface area (Å²) < 4.78 is 49.2. The van der Waals surface area contributed by atoms with Crippen LogP contribution in [0.25, 0.3) is 0 Å². The molecule has 0 aromatic heterocycles. The minimum Gasteiger partial charge on any atom is -0.484 e. The third kappa shape index (κ3) is 7.11. The fraction of sp³-hybridized carbons (Fsp3) is 0.300. The van der Waals surface area contributed by atoms with E-state index in [4.69, 9.17) is 15.2 Å². The molecule has 1 unspecified atom stereocenters. The summed E-state index contributed by atoms with van der Waals surface area (Å²) in [4.78, 5) is 23.1. The van der Waals surface area contributed by atoms with E-state index < -0.39 is 29.6 Å². The largest absolute Gasteiger partial charge is 0.484 e. The molecule has 0 aliphatic carbocycles. The molecular formula is C20H21F3N2O4. The number of rotatable bonds is 9. The van der Waals surface area contributed by atoms with Gasteiger partial charge in [-0.05, 0) is 35.4 Å². The molecule has 9 heteroatoms. The van der Waals surface area contributed by atoms with Gasteiger partial charge in [0.2, 0.25) is 5.91 Å². The quantitative estimate of drug-likeness (QED) is 0.665. The Hall–Kier alpha value is -3.07. The van der Waals surface area contributed by atoms with E-state index in [0.717, 1.165) is 12.1 Å². The second-order valence-electron chi connectivity index (χ2n) is 6.27. The monoisotopic (exact) mass is 410 g/mol. The topological polar surface area (TPSA) is 90.7 Å². The van der Waals surface area contributed by atoms with E-state index in [1.165, 1.54) is 19.2 Å². The highest BCUT2D eigenvalue weighted by atomic mass is 19.4. The van der Waals surface area contributed by atoms with Crippen LogP contribution in [-0.4, -0.2) is 32.1 Å². The summed E-state index contributed by atoms with van der Waals surface area (Å²) in [5.41, 5.74) is 5.29. The summed E-state index contributed by atoms with van der Waals surface area (Å²) >= 11 is 0. The molecule has 0 aliphatic heterocycles. The fourth-order valence-electron chi connectivity index (χ4n) is 2.61. The van der Waals surface area contributed by atoms with Crippen LogP contribution < -0.4 is 15.8 Å². The van der Waals surface area contributed by atoms with Crippen molar-refractivity contribution in [3.8, 4) is 5.75 Å². The molecule has 29 heavy (non-hydrogen) atoms. The summed E-state index contributed by atoms with van der Waals surface area (Å²) in [6.07, 6.45) is -4.39. The van der Waals surface area contributed by atoms with Crippen molar-refractivity contribution in [3.05, 3.63) is 65.2 Å². The number of alkyl halides is 3. The Bertz CT molecular complexity index is 838. The van der Waals surface area contributed by atoms with Crippen molar-refractivity contribution in [1.82, 2.24) is 5.32 Å². The van der Waals surface area contributed by atoms with Gasteiger partial charge in [0.1, 0.15) is 5.75 Å². The molecule has 2 rings (SSSR count). The average molecular weight is 410 g/mol. The third-order valence-electron chi connectivity index (χ3n) is 3.96. The molecule has 3 N–H and O–H groups in total. The number of amides is 2. The summed E-state index contributed by atoms with van der Waals surface area (Å²) in [5.74, 6) is -0.585. The number of primary amides is 1. The van der Waals surface area contributed by atoms with E-state index in [2.05, 4.69) is 5.32 Å². The maximum absolute atomic E-state index is 12.9. The molecule has 0 heterocycles. The second kappa shape index (κ2) is 9.92. The molecule has 0 fully saturated rings. The normalized spacial score (nSPS) is 12.3. The lowest BCUT2D eigenvalue weighted by Gasteiger charge is -2.20. The van der Waals surface area contributed by atoms with Gasteiger partial charge in [-0.25, -0.2) is 0 Å². The van der Waals surface area contributed by atoms with Crippen LogP contribution in [0.3, 0.4) is 0 Å². The highest BCUT2D eigenvalue weighted by Crippen LogP contribution is 2.30. The predicted octanol–water partition coefficient (Wildman–Crippen LogP) is 2.62. The van der Waals surface area contributed by atoms with Crippen molar-refractivity contribution < 1.29 is 32.2 Å². The van der Waals surface area contributed by atoms with Gasteiger partial charge < -0.3 is 20.5 Å². The Morgan fingerprint density at radius 3 is 2.41 bits per heavy atom. The molecule has 0 aliphatic rings. The van der Waals surface area contributed by atoms with Gasteiger partial charge in [-0.3, -0.25) is 9.59 Å². The van der Waals surface area contributed by atoms with Crippen molar-refractivity contribution in [2.24, 2.45) is 5.73 Å². The number of carbonyl (C=O) groups is 2. The number of halogens is 3. The lowest BCUT2D eigenvalue weighted by molar-refractivity contribution is -0.137. The Morgan fingerprint density at radius 2 is 1.83 bits per heavy atom. The average Bonchev–Trinajstić information content (AvgIpc) is 2.66. The Morgan fingerprint density at radius 1 is 1.14 bits per heavy atom. The van der Waals surface area contributed by atoms with Gasteiger partial charge in [-0.2, -0.15) is 13.2 Å². The first kappa shape index (κ1) is 22.2. The number of hydrogen-bond acceptors (Lipinski definition) is 4. The molecule has 0 radical (unpaired) electrons. The van der Waals surface area contributed by atoms with Crippen molar-refractivity contribution >= 4 is 11.8 Å².